The van der Waals surface area contributed by atoms with E-state index in [1.165, 1.54) is 19.2 Å². The van der Waals surface area contributed by atoms with Crippen LogP contribution in [0.5, 0.6) is 0 Å². The van der Waals surface area contributed by atoms with Gasteiger partial charge < -0.3 is 10.2 Å². The van der Waals surface area contributed by atoms with Crippen molar-refractivity contribution in [2.24, 2.45) is 5.92 Å². The summed E-state index contributed by atoms with van der Waals surface area (Å²) in [5, 5.41) is 2.96. The number of hydrogen-bond acceptors (Lipinski definition) is 4. The Hall–Kier alpha value is -1.65. The highest BCUT2D eigenvalue weighted by Crippen LogP contribution is 2.22. The summed E-state index contributed by atoms with van der Waals surface area (Å²) in [6.07, 6.45) is 6.14. The minimum absolute atomic E-state index is 0.0730. The molecule has 1 saturated carbocycles. The Bertz CT molecular complexity index is 472. The van der Waals surface area contributed by atoms with E-state index in [1.54, 1.807) is 0 Å². The molecule has 2 heterocycles. The molecule has 0 spiro atoms. The quantitative estimate of drug-likeness (QED) is 0.897. The maximum atomic E-state index is 12.0. The second-order valence-electron chi connectivity index (χ2n) is 5.70. The number of carbonyl (C=O) groups excluding carboxylic acids is 1. The number of rotatable bonds is 3. The van der Waals surface area contributed by atoms with E-state index in [0.29, 0.717) is 17.7 Å². The summed E-state index contributed by atoms with van der Waals surface area (Å²) in [6.45, 7) is 4.29. The van der Waals surface area contributed by atoms with Crippen molar-refractivity contribution in [2.75, 3.05) is 18.0 Å². The van der Waals surface area contributed by atoms with Gasteiger partial charge in [0, 0.05) is 25.2 Å². The molecule has 102 valence electrons. The molecule has 5 heteroatoms. The van der Waals surface area contributed by atoms with Gasteiger partial charge in [-0.1, -0.05) is 6.92 Å². The molecule has 1 aromatic rings. The summed E-state index contributed by atoms with van der Waals surface area (Å²) in [4.78, 5) is 22.6. The zero-order valence-electron chi connectivity index (χ0n) is 11.3. The molecule has 5 nitrogen and oxygen atoms in total. The van der Waals surface area contributed by atoms with Crippen LogP contribution in [-0.4, -0.2) is 35.0 Å². The summed E-state index contributed by atoms with van der Waals surface area (Å²) in [7, 11) is 0. The minimum Gasteiger partial charge on any atom is -0.356 e. The van der Waals surface area contributed by atoms with E-state index in [1.807, 2.05) is 6.07 Å². The SMILES string of the molecule is CC1CCCN(c2cc(C(=O)NC3CC3)ncn2)C1. The lowest BCUT2D eigenvalue weighted by Crippen LogP contribution is -2.35. The largest absolute Gasteiger partial charge is 0.356 e. The Labute approximate surface area is 113 Å². The molecule has 19 heavy (non-hydrogen) atoms. The number of amides is 1. The number of anilines is 1. The van der Waals surface area contributed by atoms with E-state index < -0.39 is 0 Å². The van der Waals surface area contributed by atoms with Gasteiger partial charge in [0.1, 0.15) is 17.8 Å². The molecular weight excluding hydrogens is 240 g/mol. The topological polar surface area (TPSA) is 58.1 Å². The van der Waals surface area contributed by atoms with Crippen LogP contribution < -0.4 is 10.2 Å². The fourth-order valence-corrected chi connectivity index (χ4v) is 2.53. The second kappa shape index (κ2) is 5.15. The minimum atomic E-state index is -0.0730. The first kappa shape index (κ1) is 12.4. The molecule has 1 unspecified atom stereocenters. The number of hydrogen-bond donors (Lipinski definition) is 1. The fourth-order valence-electron chi connectivity index (χ4n) is 2.53. The van der Waals surface area contributed by atoms with Crippen LogP contribution in [0.1, 0.15) is 43.1 Å². The van der Waals surface area contributed by atoms with Gasteiger partial charge in [0.05, 0.1) is 0 Å². The number of carbonyl (C=O) groups is 1. The molecule has 3 rings (SSSR count). The predicted octanol–water partition coefficient (Wildman–Crippen LogP) is 1.61. The Morgan fingerprint density at radius 2 is 2.21 bits per heavy atom. The summed E-state index contributed by atoms with van der Waals surface area (Å²) in [5.74, 6) is 1.49. The van der Waals surface area contributed by atoms with Crippen molar-refractivity contribution < 1.29 is 4.79 Å². The van der Waals surface area contributed by atoms with Crippen molar-refractivity contribution in [2.45, 2.75) is 38.6 Å². The molecule has 2 aliphatic rings. The highest BCUT2D eigenvalue weighted by molar-refractivity contribution is 5.93. The molecule has 1 aliphatic heterocycles. The number of nitrogens with one attached hydrogen (secondary N) is 1. The standard InChI is InChI=1S/C14H20N4O/c1-10-3-2-6-18(8-10)13-7-12(15-9-16-13)14(19)17-11-4-5-11/h7,9-11H,2-6,8H2,1H3,(H,17,19). The van der Waals surface area contributed by atoms with Gasteiger partial charge in [0.15, 0.2) is 0 Å². The van der Waals surface area contributed by atoms with E-state index in [4.69, 9.17) is 0 Å². The Morgan fingerprint density at radius 1 is 1.37 bits per heavy atom. The molecule has 0 aromatic carbocycles. The lowest BCUT2D eigenvalue weighted by atomic mass is 10.0. The molecule has 0 radical (unpaired) electrons. The van der Waals surface area contributed by atoms with Gasteiger partial charge in [-0.15, -0.1) is 0 Å². The molecule has 1 N–H and O–H groups in total. The molecule has 0 bridgehead atoms. The van der Waals surface area contributed by atoms with Crippen LogP contribution in [0.25, 0.3) is 0 Å². The van der Waals surface area contributed by atoms with Crippen LogP contribution in [0.2, 0.25) is 0 Å². The van der Waals surface area contributed by atoms with Gasteiger partial charge in [0.25, 0.3) is 5.91 Å². The molecule has 1 saturated heterocycles. The average Bonchev–Trinajstić information content (AvgIpc) is 3.23. The molecule has 1 amide bonds. The zero-order valence-corrected chi connectivity index (χ0v) is 11.3. The van der Waals surface area contributed by atoms with Crippen LogP contribution in [0.4, 0.5) is 5.82 Å². The predicted molar refractivity (Wildman–Crippen MR) is 73.1 cm³/mol. The van der Waals surface area contributed by atoms with Crippen LogP contribution in [0, 0.1) is 5.92 Å². The van der Waals surface area contributed by atoms with Gasteiger partial charge in [-0.05, 0) is 31.6 Å². The van der Waals surface area contributed by atoms with Crippen molar-refractivity contribution in [3.8, 4) is 0 Å². The Morgan fingerprint density at radius 3 is 2.95 bits per heavy atom. The van der Waals surface area contributed by atoms with Crippen molar-refractivity contribution in [3.63, 3.8) is 0 Å². The van der Waals surface area contributed by atoms with E-state index >= 15 is 0 Å². The normalized spacial score (nSPS) is 23.2. The number of piperidine rings is 1. The highest BCUT2D eigenvalue weighted by atomic mass is 16.2. The molecule has 1 atom stereocenters. The first-order valence-electron chi connectivity index (χ1n) is 7.10. The van der Waals surface area contributed by atoms with Gasteiger partial charge in [-0.2, -0.15) is 0 Å². The third-order valence-corrected chi connectivity index (χ3v) is 3.78. The average molecular weight is 260 g/mol. The van der Waals surface area contributed by atoms with E-state index in [9.17, 15) is 4.79 Å². The van der Waals surface area contributed by atoms with Crippen LogP contribution in [0.3, 0.4) is 0 Å². The van der Waals surface area contributed by atoms with Crippen molar-refractivity contribution in [3.05, 3.63) is 18.1 Å². The summed E-state index contributed by atoms with van der Waals surface area (Å²) in [6, 6.07) is 2.18. The fraction of sp³-hybridized carbons (Fsp3) is 0.643. The number of nitrogens with zero attached hydrogens (tertiary/aromatic N) is 3. The highest BCUT2D eigenvalue weighted by Gasteiger charge is 2.25. The summed E-state index contributed by atoms with van der Waals surface area (Å²) >= 11 is 0. The molecule has 1 aliphatic carbocycles. The summed E-state index contributed by atoms with van der Waals surface area (Å²) < 4.78 is 0. The third-order valence-electron chi connectivity index (χ3n) is 3.78. The lowest BCUT2D eigenvalue weighted by molar-refractivity contribution is 0.0946. The van der Waals surface area contributed by atoms with Gasteiger partial charge in [0.2, 0.25) is 0 Å². The number of aromatic nitrogens is 2. The van der Waals surface area contributed by atoms with E-state index in [-0.39, 0.29) is 5.91 Å². The summed E-state index contributed by atoms with van der Waals surface area (Å²) in [5.41, 5.74) is 0.482. The first-order valence-corrected chi connectivity index (χ1v) is 7.10. The maximum Gasteiger partial charge on any atom is 0.270 e. The molecule has 1 aromatic heterocycles. The van der Waals surface area contributed by atoms with Gasteiger partial charge in [-0.3, -0.25) is 4.79 Å². The molecule has 2 fully saturated rings. The first-order chi connectivity index (χ1) is 9.22. The Kier molecular flexibility index (Phi) is 3.36. The lowest BCUT2D eigenvalue weighted by Gasteiger charge is -2.31. The smallest absolute Gasteiger partial charge is 0.270 e. The van der Waals surface area contributed by atoms with Gasteiger partial charge >= 0.3 is 0 Å². The van der Waals surface area contributed by atoms with E-state index in [0.717, 1.165) is 31.7 Å². The van der Waals surface area contributed by atoms with Crippen molar-refractivity contribution in [1.29, 1.82) is 0 Å². The Balaban J connectivity index is 1.72. The molecular formula is C14H20N4O. The maximum absolute atomic E-state index is 12.0. The third kappa shape index (κ3) is 3.03. The van der Waals surface area contributed by atoms with Crippen LogP contribution in [-0.2, 0) is 0 Å². The van der Waals surface area contributed by atoms with E-state index in [2.05, 4.69) is 27.1 Å². The zero-order chi connectivity index (χ0) is 13.2. The van der Waals surface area contributed by atoms with Crippen molar-refractivity contribution in [1.82, 2.24) is 15.3 Å². The second-order valence-corrected chi connectivity index (χ2v) is 5.70. The van der Waals surface area contributed by atoms with Gasteiger partial charge in [-0.25, -0.2) is 9.97 Å². The van der Waals surface area contributed by atoms with Crippen LogP contribution >= 0.6 is 0 Å². The monoisotopic (exact) mass is 260 g/mol. The van der Waals surface area contributed by atoms with Crippen LogP contribution in [0.15, 0.2) is 12.4 Å². The van der Waals surface area contributed by atoms with Crippen molar-refractivity contribution >= 4 is 11.7 Å².